The molecule has 1 saturated carbocycles. The van der Waals surface area contributed by atoms with Gasteiger partial charge >= 0.3 is 0 Å². The first-order chi connectivity index (χ1) is 8.20. The van der Waals surface area contributed by atoms with Gasteiger partial charge in [0.1, 0.15) is 0 Å². The topological polar surface area (TPSA) is 46.3 Å². The summed E-state index contributed by atoms with van der Waals surface area (Å²) in [6, 6.07) is 0.423. The Hall–Kier alpha value is -0.570. The van der Waals surface area contributed by atoms with Gasteiger partial charge in [-0.1, -0.05) is 12.8 Å². The van der Waals surface area contributed by atoms with Crippen molar-refractivity contribution in [2.45, 2.75) is 57.9 Å². The molecule has 0 radical (unpaired) electrons. The van der Waals surface area contributed by atoms with Gasteiger partial charge in [-0.3, -0.25) is 4.79 Å². The first-order valence-corrected chi connectivity index (χ1v) is 7.20. The lowest BCUT2D eigenvalue weighted by Crippen LogP contribution is -2.47. The van der Waals surface area contributed by atoms with E-state index in [1.165, 1.54) is 32.1 Å². The highest BCUT2D eigenvalue weighted by molar-refractivity contribution is 5.77. The smallest absolute Gasteiger partial charge is 0.223 e. The van der Waals surface area contributed by atoms with Gasteiger partial charge in [-0.15, -0.1) is 0 Å². The van der Waals surface area contributed by atoms with Gasteiger partial charge < -0.3 is 10.6 Å². The predicted molar refractivity (Wildman–Crippen MR) is 69.5 cm³/mol. The number of rotatable bonds is 3. The summed E-state index contributed by atoms with van der Waals surface area (Å²) in [7, 11) is 0. The minimum atomic E-state index is 0.377. The summed E-state index contributed by atoms with van der Waals surface area (Å²) in [5.41, 5.74) is 5.74. The maximum absolute atomic E-state index is 12.3. The van der Waals surface area contributed by atoms with Gasteiger partial charge in [0.2, 0.25) is 5.91 Å². The fourth-order valence-corrected chi connectivity index (χ4v) is 3.30. The standard InChI is InChI=1S/C14H26N2O/c1-11-6-7-13(9-15)10-16(11)14(17)8-12-4-2-3-5-12/h11-13H,2-10,15H2,1H3. The zero-order valence-corrected chi connectivity index (χ0v) is 11.0. The molecular weight excluding hydrogens is 212 g/mol. The number of carbonyl (C=O) groups is 1. The van der Waals surface area contributed by atoms with Crippen molar-refractivity contribution in [3.63, 3.8) is 0 Å². The Morgan fingerprint density at radius 3 is 2.53 bits per heavy atom. The number of likely N-dealkylation sites (tertiary alicyclic amines) is 1. The molecule has 2 atom stereocenters. The van der Waals surface area contributed by atoms with Crippen LogP contribution in [0.1, 0.15) is 51.9 Å². The number of amides is 1. The summed E-state index contributed by atoms with van der Waals surface area (Å²) in [5.74, 6) is 1.56. The molecule has 1 heterocycles. The van der Waals surface area contributed by atoms with Crippen LogP contribution in [0.5, 0.6) is 0 Å². The summed E-state index contributed by atoms with van der Waals surface area (Å²) < 4.78 is 0. The van der Waals surface area contributed by atoms with Gasteiger partial charge in [0, 0.05) is 19.0 Å². The molecular formula is C14H26N2O. The predicted octanol–water partition coefficient (Wildman–Crippen LogP) is 2.15. The summed E-state index contributed by atoms with van der Waals surface area (Å²) in [6.07, 6.45) is 8.24. The third-order valence-corrected chi connectivity index (χ3v) is 4.57. The Balaban J connectivity index is 1.87. The van der Waals surface area contributed by atoms with Crippen molar-refractivity contribution in [1.82, 2.24) is 4.90 Å². The number of hydrogen-bond acceptors (Lipinski definition) is 2. The lowest BCUT2D eigenvalue weighted by molar-refractivity contribution is -0.136. The van der Waals surface area contributed by atoms with Crippen LogP contribution >= 0.6 is 0 Å². The summed E-state index contributed by atoms with van der Waals surface area (Å²) in [5, 5.41) is 0. The molecule has 0 aromatic heterocycles. The SMILES string of the molecule is CC1CCC(CN)CN1C(=O)CC1CCCC1. The van der Waals surface area contributed by atoms with Crippen LogP contribution in [0.3, 0.4) is 0 Å². The Kier molecular flexibility index (Phi) is 4.43. The average molecular weight is 238 g/mol. The van der Waals surface area contributed by atoms with E-state index < -0.39 is 0 Å². The molecule has 3 heteroatoms. The van der Waals surface area contributed by atoms with Gasteiger partial charge in [-0.2, -0.15) is 0 Å². The highest BCUT2D eigenvalue weighted by Gasteiger charge is 2.30. The van der Waals surface area contributed by atoms with E-state index in [0.717, 1.165) is 25.9 Å². The van der Waals surface area contributed by atoms with E-state index in [9.17, 15) is 4.79 Å². The third-order valence-electron chi connectivity index (χ3n) is 4.57. The van der Waals surface area contributed by atoms with Crippen molar-refractivity contribution in [3.05, 3.63) is 0 Å². The van der Waals surface area contributed by atoms with E-state index in [4.69, 9.17) is 5.73 Å². The Labute approximate surface area is 105 Å². The molecule has 0 aromatic rings. The van der Waals surface area contributed by atoms with Crippen LogP contribution in [-0.4, -0.2) is 29.9 Å². The van der Waals surface area contributed by atoms with Crippen LogP contribution in [0.25, 0.3) is 0 Å². The van der Waals surface area contributed by atoms with Crippen molar-refractivity contribution in [3.8, 4) is 0 Å². The quantitative estimate of drug-likeness (QED) is 0.819. The molecule has 98 valence electrons. The molecule has 1 amide bonds. The Morgan fingerprint density at radius 1 is 1.18 bits per heavy atom. The first kappa shape index (κ1) is 12.9. The molecule has 2 aliphatic rings. The van der Waals surface area contributed by atoms with Gasteiger partial charge in [0.25, 0.3) is 0 Å². The number of carbonyl (C=O) groups excluding carboxylic acids is 1. The van der Waals surface area contributed by atoms with Crippen LogP contribution in [0.15, 0.2) is 0 Å². The molecule has 1 saturated heterocycles. The highest BCUT2D eigenvalue weighted by atomic mass is 16.2. The molecule has 17 heavy (non-hydrogen) atoms. The molecule has 0 aromatic carbocycles. The van der Waals surface area contributed by atoms with Crippen molar-refractivity contribution >= 4 is 5.91 Å². The maximum atomic E-state index is 12.3. The minimum Gasteiger partial charge on any atom is -0.340 e. The molecule has 1 aliphatic carbocycles. The highest BCUT2D eigenvalue weighted by Crippen LogP contribution is 2.29. The first-order valence-electron chi connectivity index (χ1n) is 7.20. The largest absolute Gasteiger partial charge is 0.340 e. The molecule has 2 N–H and O–H groups in total. The molecule has 0 bridgehead atoms. The number of nitrogens with zero attached hydrogens (tertiary/aromatic N) is 1. The molecule has 3 nitrogen and oxygen atoms in total. The van der Waals surface area contributed by atoms with E-state index in [1.807, 2.05) is 0 Å². The van der Waals surface area contributed by atoms with Crippen molar-refractivity contribution in [1.29, 1.82) is 0 Å². The second-order valence-corrected chi connectivity index (χ2v) is 5.93. The van der Waals surface area contributed by atoms with Crippen LogP contribution in [0.2, 0.25) is 0 Å². The second kappa shape index (κ2) is 5.85. The van der Waals surface area contributed by atoms with E-state index in [-0.39, 0.29) is 0 Å². The van der Waals surface area contributed by atoms with E-state index in [1.54, 1.807) is 0 Å². The Morgan fingerprint density at radius 2 is 1.88 bits per heavy atom. The normalized spacial score (nSPS) is 30.8. The maximum Gasteiger partial charge on any atom is 0.223 e. The van der Waals surface area contributed by atoms with Gasteiger partial charge in [-0.05, 0) is 51.0 Å². The fourth-order valence-electron chi connectivity index (χ4n) is 3.30. The monoisotopic (exact) mass is 238 g/mol. The molecule has 1 aliphatic heterocycles. The third kappa shape index (κ3) is 3.21. The van der Waals surface area contributed by atoms with Crippen molar-refractivity contribution < 1.29 is 4.79 Å². The Bertz CT molecular complexity index is 261. The van der Waals surface area contributed by atoms with Crippen LogP contribution in [0, 0.1) is 11.8 Å². The summed E-state index contributed by atoms with van der Waals surface area (Å²) in [4.78, 5) is 14.4. The van der Waals surface area contributed by atoms with Gasteiger partial charge in [-0.25, -0.2) is 0 Å². The zero-order chi connectivity index (χ0) is 12.3. The lowest BCUT2D eigenvalue weighted by Gasteiger charge is -2.38. The number of nitrogens with two attached hydrogens (primary N) is 1. The van der Waals surface area contributed by atoms with Crippen LogP contribution in [0.4, 0.5) is 0 Å². The second-order valence-electron chi connectivity index (χ2n) is 5.93. The van der Waals surface area contributed by atoms with Crippen molar-refractivity contribution in [2.24, 2.45) is 17.6 Å². The molecule has 0 spiro atoms. The summed E-state index contributed by atoms with van der Waals surface area (Å²) in [6.45, 7) is 3.79. The number of hydrogen-bond donors (Lipinski definition) is 1. The van der Waals surface area contributed by atoms with E-state index >= 15 is 0 Å². The van der Waals surface area contributed by atoms with Crippen molar-refractivity contribution in [2.75, 3.05) is 13.1 Å². The fraction of sp³-hybridized carbons (Fsp3) is 0.929. The number of piperidine rings is 1. The van der Waals surface area contributed by atoms with E-state index in [0.29, 0.717) is 23.8 Å². The van der Waals surface area contributed by atoms with Crippen LogP contribution < -0.4 is 5.73 Å². The molecule has 2 rings (SSSR count). The van der Waals surface area contributed by atoms with E-state index in [2.05, 4.69) is 11.8 Å². The lowest BCUT2D eigenvalue weighted by atomic mass is 9.92. The minimum absolute atomic E-state index is 0.377. The van der Waals surface area contributed by atoms with Crippen LogP contribution in [-0.2, 0) is 4.79 Å². The van der Waals surface area contributed by atoms with Gasteiger partial charge in [0.15, 0.2) is 0 Å². The summed E-state index contributed by atoms with van der Waals surface area (Å²) >= 11 is 0. The zero-order valence-electron chi connectivity index (χ0n) is 11.0. The van der Waals surface area contributed by atoms with Gasteiger partial charge in [0.05, 0.1) is 0 Å². The molecule has 2 unspecified atom stereocenters. The average Bonchev–Trinajstić information content (AvgIpc) is 2.82. The molecule has 2 fully saturated rings.